The van der Waals surface area contributed by atoms with Crippen molar-refractivity contribution >= 4 is 23.4 Å². The highest BCUT2D eigenvalue weighted by Gasteiger charge is 2.23. The number of anilines is 1. The molecule has 0 bridgehead atoms. The van der Waals surface area contributed by atoms with Crippen molar-refractivity contribution in [3.63, 3.8) is 0 Å². The highest BCUT2D eigenvalue weighted by atomic mass is 32.2. The van der Waals surface area contributed by atoms with Crippen molar-refractivity contribution < 1.29 is 4.79 Å². The van der Waals surface area contributed by atoms with Crippen molar-refractivity contribution in [2.75, 3.05) is 17.2 Å². The number of nitrogens with zero attached hydrogens (tertiary/aromatic N) is 1. The van der Waals surface area contributed by atoms with E-state index < -0.39 is 0 Å². The number of carbonyl (C=O) groups excluding carboxylic acids is 1. The maximum Gasteiger partial charge on any atom is 0.274 e. The first-order valence-electron chi connectivity index (χ1n) is 5.82. The summed E-state index contributed by atoms with van der Waals surface area (Å²) in [7, 11) is 0. The van der Waals surface area contributed by atoms with Gasteiger partial charge in [0, 0.05) is 11.8 Å². The molecule has 1 aromatic rings. The normalized spacial score (nSPS) is 19.8. The number of nitrogen functional groups attached to an aromatic ring is 1. The monoisotopic (exact) mass is 254 g/mol. The van der Waals surface area contributed by atoms with Crippen molar-refractivity contribution in [3.05, 3.63) is 11.4 Å². The van der Waals surface area contributed by atoms with Crippen LogP contribution in [0.5, 0.6) is 0 Å². The number of carbonyl (C=O) groups is 1. The molecular weight excluding hydrogens is 236 g/mol. The summed E-state index contributed by atoms with van der Waals surface area (Å²) in [5.41, 5.74) is 7.55. The average Bonchev–Trinajstić information content (AvgIpc) is 2.86. The molecule has 94 valence electrons. The van der Waals surface area contributed by atoms with Crippen molar-refractivity contribution in [1.82, 2.24) is 15.5 Å². The van der Waals surface area contributed by atoms with Crippen LogP contribution >= 0.6 is 11.8 Å². The lowest BCUT2D eigenvalue weighted by Crippen LogP contribution is -2.35. The van der Waals surface area contributed by atoms with Crippen LogP contribution in [0.15, 0.2) is 0 Å². The maximum atomic E-state index is 12.0. The van der Waals surface area contributed by atoms with E-state index in [1.807, 2.05) is 25.6 Å². The first-order chi connectivity index (χ1) is 8.09. The Morgan fingerprint density at radius 1 is 1.65 bits per heavy atom. The van der Waals surface area contributed by atoms with Gasteiger partial charge in [0.1, 0.15) is 0 Å². The van der Waals surface area contributed by atoms with Gasteiger partial charge in [-0.3, -0.25) is 9.89 Å². The molecule has 0 aromatic carbocycles. The molecule has 2 heterocycles. The lowest BCUT2D eigenvalue weighted by Gasteiger charge is -2.10. The molecule has 5 nitrogen and oxygen atoms in total. The third-order valence-corrected chi connectivity index (χ3v) is 4.05. The van der Waals surface area contributed by atoms with Crippen LogP contribution in [0, 0.1) is 0 Å². The fourth-order valence-electron chi connectivity index (χ4n) is 1.88. The Labute approximate surface area is 105 Å². The lowest BCUT2D eigenvalue weighted by molar-refractivity contribution is 0.0937. The minimum atomic E-state index is -0.168. The predicted octanol–water partition coefficient (Wildman–Crippen LogP) is 1.35. The molecule has 1 amide bonds. The predicted molar refractivity (Wildman–Crippen MR) is 70.3 cm³/mol. The Bertz CT molecular complexity index is 410. The van der Waals surface area contributed by atoms with Crippen molar-refractivity contribution in [3.8, 4) is 0 Å². The number of nitrogens with two attached hydrogens (primary N) is 1. The van der Waals surface area contributed by atoms with Gasteiger partial charge in [-0.05, 0) is 18.1 Å². The number of rotatable bonds is 3. The summed E-state index contributed by atoms with van der Waals surface area (Å²) in [5, 5.41) is 9.81. The molecule has 17 heavy (non-hydrogen) atoms. The Kier molecular flexibility index (Phi) is 3.61. The van der Waals surface area contributed by atoms with Gasteiger partial charge < -0.3 is 11.1 Å². The third-order valence-electron chi connectivity index (χ3n) is 2.89. The van der Waals surface area contributed by atoms with E-state index in [0.29, 0.717) is 11.4 Å². The highest BCUT2D eigenvalue weighted by Crippen LogP contribution is 2.23. The number of hydrogen-bond donors (Lipinski definition) is 3. The van der Waals surface area contributed by atoms with Crippen LogP contribution in [0.25, 0.3) is 0 Å². The standard InChI is InChI=1S/C11H18N4OS/c1-6(2)9-8(12)10(15-14-9)11(16)13-7-3-4-17-5-7/h6-7H,3-5,12H2,1-2H3,(H,13,16)(H,14,15). The number of aromatic amines is 1. The first-order valence-corrected chi connectivity index (χ1v) is 6.97. The van der Waals surface area contributed by atoms with E-state index in [1.165, 1.54) is 0 Å². The number of thioether (sulfide) groups is 1. The molecule has 1 aliphatic heterocycles. The molecule has 1 saturated heterocycles. The molecule has 1 unspecified atom stereocenters. The molecule has 1 fully saturated rings. The van der Waals surface area contributed by atoms with Crippen LogP contribution in [0.4, 0.5) is 5.69 Å². The van der Waals surface area contributed by atoms with Gasteiger partial charge in [0.05, 0.1) is 11.4 Å². The molecular formula is C11H18N4OS. The Balaban J connectivity index is 2.08. The van der Waals surface area contributed by atoms with E-state index in [0.717, 1.165) is 23.6 Å². The number of aromatic nitrogens is 2. The largest absolute Gasteiger partial charge is 0.395 e. The molecule has 1 aliphatic rings. The molecule has 0 radical (unpaired) electrons. The second kappa shape index (κ2) is 5.00. The summed E-state index contributed by atoms with van der Waals surface area (Å²) in [4.78, 5) is 12.0. The lowest BCUT2D eigenvalue weighted by atomic mass is 10.1. The number of hydrogen-bond acceptors (Lipinski definition) is 4. The van der Waals surface area contributed by atoms with Crippen molar-refractivity contribution in [1.29, 1.82) is 0 Å². The zero-order valence-corrected chi connectivity index (χ0v) is 10.9. The first kappa shape index (κ1) is 12.3. The topological polar surface area (TPSA) is 83.8 Å². The van der Waals surface area contributed by atoms with Crippen LogP contribution < -0.4 is 11.1 Å². The van der Waals surface area contributed by atoms with Gasteiger partial charge in [-0.2, -0.15) is 16.9 Å². The fourth-order valence-corrected chi connectivity index (χ4v) is 3.03. The summed E-state index contributed by atoms with van der Waals surface area (Å²) < 4.78 is 0. The fraction of sp³-hybridized carbons (Fsp3) is 0.636. The van der Waals surface area contributed by atoms with E-state index in [-0.39, 0.29) is 17.9 Å². The minimum absolute atomic E-state index is 0.168. The number of H-pyrrole nitrogens is 1. The molecule has 6 heteroatoms. The summed E-state index contributed by atoms with van der Waals surface area (Å²) in [6.45, 7) is 4.03. The van der Waals surface area contributed by atoms with Gasteiger partial charge in [0.15, 0.2) is 5.69 Å². The van der Waals surface area contributed by atoms with Crippen LogP contribution in [0.1, 0.15) is 42.4 Å². The van der Waals surface area contributed by atoms with Crippen LogP contribution in [-0.2, 0) is 0 Å². The third kappa shape index (κ3) is 2.57. The van der Waals surface area contributed by atoms with E-state index >= 15 is 0 Å². The molecule has 2 rings (SSSR count). The average molecular weight is 254 g/mol. The smallest absolute Gasteiger partial charge is 0.274 e. The SMILES string of the molecule is CC(C)c1[nH]nc(C(=O)NC2CCSC2)c1N. The second-order valence-electron chi connectivity index (χ2n) is 4.59. The molecule has 0 aliphatic carbocycles. The number of nitrogens with one attached hydrogen (secondary N) is 2. The van der Waals surface area contributed by atoms with Crippen LogP contribution in [0.2, 0.25) is 0 Å². The molecule has 1 aromatic heterocycles. The van der Waals surface area contributed by atoms with Crippen LogP contribution in [0.3, 0.4) is 0 Å². The molecule has 4 N–H and O–H groups in total. The summed E-state index contributed by atoms with van der Waals surface area (Å²) >= 11 is 1.86. The quantitative estimate of drug-likeness (QED) is 0.760. The van der Waals surface area contributed by atoms with Gasteiger partial charge in [0.2, 0.25) is 0 Å². The molecule has 0 spiro atoms. The van der Waals surface area contributed by atoms with Gasteiger partial charge >= 0.3 is 0 Å². The molecule has 1 atom stereocenters. The Morgan fingerprint density at radius 3 is 2.94 bits per heavy atom. The van der Waals surface area contributed by atoms with Gasteiger partial charge in [-0.1, -0.05) is 13.8 Å². The molecule has 0 saturated carbocycles. The van der Waals surface area contributed by atoms with Gasteiger partial charge in [-0.25, -0.2) is 0 Å². The van der Waals surface area contributed by atoms with E-state index in [1.54, 1.807) is 0 Å². The Hall–Kier alpha value is -1.17. The zero-order valence-electron chi connectivity index (χ0n) is 10.1. The second-order valence-corrected chi connectivity index (χ2v) is 5.74. The summed E-state index contributed by atoms with van der Waals surface area (Å²) in [5.74, 6) is 2.16. The minimum Gasteiger partial charge on any atom is -0.395 e. The van der Waals surface area contributed by atoms with E-state index in [4.69, 9.17) is 5.73 Å². The summed E-state index contributed by atoms with van der Waals surface area (Å²) in [6.07, 6.45) is 1.03. The number of amides is 1. The van der Waals surface area contributed by atoms with Gasteiger partial charge in [-0.15, -0.1) is 0 Å². The zero-order chi connectivity index (χ0) is 12.4. The van der Waals surface area contributed by atoms with E-state index in [9.17, 15) is 4.79 Å². The Morgan fingerprint density at radius 2 is 2.41 bits per heavy atom. The van der Waals surface area contributed by atoms with E-state index in [2.05, 4.69) is 15.5 Å². The maximum absolute atomic E-state index is 12.0. The van der Waals surface area contributed by atoms with Gasteiger partial charge in [0.25, 0.3) is 5.91 Å². The summed E-state index contributed by atoms with van der Waals surface area (Å²) in [6, 6.07) is 0.256. The highest BCUT2D eigenvalue weighted by molar-refractivity contribution is 7.99. The van der Waals surface area contributed by atoms with Crippen molar-refractivity contribution in [2.24, 2.45) is 0 Å². The van der Waals surface area contributed by atoms with Crippen molar-refractivity contribution in [2.45, 2.75) is 32.2 Å². The van der Waals surface area contributed by atoms with Crippen LogP contribution in [-0.4, -0.2) is 33.7 Å².